The summed E-state index contributed by atoms with van der Waals surface area (Å²) in [6, 6.07) is 26.0. The van der Waals surface area contributed by atoms with Crippen LogP contribution in [0.2, 0.25) is 0 Å². The van der Waals surface area contributed by atoms with Gasteiger partial charge in [-0.2, -0.15) is 5.26 Å². The fourth-order valence-electron chi connectivity index (χ4n) is 2.95. The van der Waals surface area contributed by atoms with Crippen molar-refractivity contribution in [1.29, 1.82) is 5.26 Å². The number of amides is 1. The molecule has 1 atom stereocenters. The molecule has 0 spiro atoms. The van der Waals surface area contributed by atoms with Crippen molar-refractivity contribution >= 4 is 17.6 Å². The second kappa shape index (κ2) is 10.6. The van der Waals surface area contributed by atoms with Gasteiger partial charge < -0.3 is 14.8 Å². The summed E-state index contributed by atoms with van der Waals surface area (Å²) in [5.41, 5.74) is 2.76. The standard InChI is InChI=1S/C25H22N2O4/c1-18(25(29)27-22-13-7-5-12-21(22)16-26)31-24(28)17-30-23-14-8-6-11-20(23)15-19-9-3-2-4-10-19/h2-14,18H,15,17H2,1H3,(H,27,29)/t18-/m0/s1. The highest BCUT2D eigenvalue weighted by Crippen LogP contribution is 2.21. The minimum absolute atomic E-state index is 0.321. The van der Waals surface area contributed by atoms with Crippen LogP contribution in [-0.2, 0) is 20.7 Å². The third-order valence-electron chi connectivity index (χ3n) is 4.54. The number of hydrogen-bond acceptors (Lipinski definition) is 5. The van der Waals surface area contributed by atoms with Gasteiger partial charge in [-0.15, -0.1) is 0 Å². The highest BCUT2D eigenvalue weighted by Gasteiger charge is 2.19. The summed E-state index contributed by atoms with van der Waals surface area (Å²) < 4.78 is 10.8. The number of rotatable bonds is 8. The van der Waals surface area contributed by atoms with Crippen LogP contribution in [0.4, 0.5) is 5.69 Å². The zero-order valence-corrected chi connectivity index (χ0v) is 17.1. The second-order valence-electron chi connectivity index (χ2n) is 6.84. The maximum absolute atomic E-state index is 12.3. The zero-order valence-electron chi connectivity index (χ0n) is 17.1. The lowest BCUT2D eigenvalue weighted by atomic mass is 10.0. The predicted octanol–water partition coefficient (Wildman–Crippen LogP) is 4.10. The number of hydrogen-bond donors (Lipinski definition) is 1. The first-order valence-corrected chi connectivity index (χ1v) is 9.81. The van der Waals surface area contributed by atoms with Crippen LogP contribution in [0, 0.1) is 11.3 Å². The number of nitrogens with zero attached hydrogens (tertiary/aromatic N) is 1. The summed E-state index contributed by atoms with van der Waals surface area (Å²) in [6.07, 6.45) is -0.370. The van der Waals surface area contributed by atoms with Crippen LogP contribution in [0.25, 0.3) is 0 Å². The van der Waals surface area contributed by atoms with Crippen molar-refractivity contribution in [2.75, 3.05) is 11.9 Å². The van der Waals surface area contributed by atoms with Gasteiger partial charge in [0.15, 0.2) is 12.7 Å². The van der Waals surface area contributed by atoms with Gasteiger partial charge in [0.1, 0.15) is 11.8 Å². The molecule has 0 aromatic heterocycles. The fraction of sp³-hybridized carbons (Fsp3) is 0.160. The Labute approximate surface area is 181 Å². The molecule has 6 heteroatoms. The van der Waals surface area contributed by atoms with Crippen molar-refractivity contribution in [3.05, 3.63) is 95.6 Å². The Hall–Kier alpha value is -4.11. The number of nitriles is 1. The van der Waals surface area contributed by atoms with E-state index in [4.69, 9.17) is 14.7 Å². The molecule has 31 heavy (non-hydrogen) atoms. The Kier molecular flexibility index (Phi) is 7.39. The molecular formula is C25H22N2O4. The summed E-state index contributed by atoms with van der Waals surface area (Å²) in [5, 5.41) is 11.7. The van der Waals surface area contributed by atoms with Crippen molar-refractivity contribution in [1.82, 2.24) is 0 Å². The van der Waals surface area contributed by atoms with E-state index in [9.17, 15) is 9.59 Å². The predicted molar refractivity (Wildman–Crippen MR) is 117 cm³/mol. The van der Waals surface area contributed by atoms with Crippen molar-refractivity contribution < 1.29 is 19.1 Å². The quantitative estimate of drug-likeness (QED) is 0.561. The summed E-state index contributed by atoms with van der Waals surface area (Å²) in [4.78, 5) is 24.5. The SMILES string of the molecule is C[C@H](OC(=O)COc1ccccc1Cc1ccccc1)C(=O)Nc1ccccc1C#N. The van der Waals surface area contributed by atoms with Crippen molar-refractivity contribution in [2.45, 2.75) is 19.4 Å². The number of carbonyl (C=O) groups is 2. The summed E-state index contributed by atoms with van der Waals surface area (Å²) in [6.45, 7) is 1.14. The smallest absolute Gasteiger partial charge is 0.344 e. The molecular weight excluding hydrogens is 392 g/mol. The highest BCUT2D eigenvalue weighted by atomic mass is 16.6. The average molecular weight is 414 g/mol. The van der Waals surface area contributed by atoms with E-state index >= 15 is 0 Å². The molecule has 0 saturated heterocycles. The Morgan fingerprint density at radius 2 is 1.65 bits per heavy atom. The van der Waals surface area contributed by atoms with Gasteiger partial charge >= 0.3 is 5.97 Å². The van der Waals surface area contributed by atoms with Crippen LogP contribution in [0.5, 0.6) is 5.75 Å². The lowest BCUT2D eigenvalue weighted by molar-refractivity contribution is -0.155. The molecule has 3 aromatic carbocycles. The van der Waals surface area contributed by atoms with E-state index in [1.54, 1.807) is 30.3 Å². The number of carbonyl (C=O) groups excluding carboxylic acids is 2. The maximum Gasteiger partial charge on any atom is 0.344 e. The first-order chi connectivity index (χ1) is 15.1. The molecule has 3 aromatic rings. The van der Waals surface area contributed by atoms with E-state index in [1.807, 2.05) is 54.6 Å². The molecule has 0 fully saturated rings. The molecule has 0 aliphatic heterocycles. The number of ether oxygens (including phenoxy) is 2. The molecule has 1 amide bonds. The Morgan fingerprint density at radius 1 is 0.968 bits per heavy atom. The second-order valence-corrected chi connectivity index (χ2v) is 6.84. The first kappa shape index (κ1) is 21.6. The Morgan fingerprint density at radius 3 is 2.42 bits per heavy atom. The van der Waals surface area contributed by atoms with Crippen molar-refractivity contribution in [2.24, 2.45) is 0 Å². The van der Waals surface area contributed by atoms with E-state index in [-0.39, 0.29) is 6.61 Å². The number of nitrogens with one attached hydrogen (secondary N) is 1. The van der Waals surface area contributed by atoms with Crippen LogP contribution < -0.4 is 10.1 Å². The summed E-state index contributed by atoms with van der Waals surface area (Å²) in [5.74, 6) is -0.602. The normalized spacial score (nSPS) is 11.1. The number of benzene rings is 3. The number of anilines is 1. The minimum Gasteiger partial charge on any atom is -0.482 e. The zero-order chi connectivity index (χ0) is 22.1. The van der Waals surface area contributed by atoms with Gasteiger partial charge in [-0.05, 0) is 36.2 Å². The molecule has 0 aliphatic rings. The number of esters is 1. The molecule has 3 rings (SSSR count). The molecule has 0 heterocycles. The minimum atomic E-state index is -1.04. The van der Waals surface area contributed by atoms with Gasteiger partial charge in [-0.25, -0.2) is 4.79 Å². The van der Waals surface area contributed by atoms with E-state index in [0.717, 1.165) is 11.1 Å². The van der Waals surface area contributed by atoms with Crippen LogP contribution in [-0.4, -0.2) is 24.6 Å². The van der Waals surface area contributed by atoms with E-state index in [2.05, 4.69) is 5.32 Å². The molecule has 0 saturated carbocycles. The fourth-order valence-corrected chi connectivity index (χ4v) is 2.95. The molecule has 1 N–H and O–H groups in total. The molecule has 0 radical (unpaired) electrons. The van der Waals surface area contributed by atoms with Crippen LogP contribution in [0.3, 0.4) is 0 Å². The average Bonchev–Trinajstić information content (AvgIpc) is 2.79. The third-order valence-corrected chi connectivity index (χ3v) is 4.54. The number of para-hydroxylation sites is 2. The van der Waals surface area contributed by atoms with Gasteiger partial charge in [0, 0.05) is 6.42 Å². The molecule has 0 bridgehead atoms. The summed E-state index contributed by atoms with van der Waals surface area (Å²) >= 11 is 0. The van der Waals surface area contributed by atoms with Crippen molar-refractivity contribution in [3.63, 3.8) is 0 Å². The Bertz CT molecular complexity index is 1090. The molecule has 0 aliphatic carbocycles. The molecule has 6 nitrogen and oxygen atoms in total. The third kappa shape index (κ3) is 6.18. The topological polar surface area (TPSA) is 88.4 Å². The first-order valence-electron chi connectivity index (χ1n) is 9.81. The highest BCUT2D eigenvalue weighted by molar-refractivity contribution is 5.96. The van der Waals surface area contributed by atoms with Crippen LogP contribution >= 0.6 is 0 Å². The van der Waals surface area contributed by atoms with Crippen LogP contribution in [0.1, 0.15) is 23.6 Å². The van der Waals surface area contributed by atoms with E-state index in [0.29, 0.717) is 23.4 Å². The van der Waals surface area contributed by atoms with Crippen LogP contribution in [0.15, 0.2) is 78.9 Å². The Balaban J connectivity index is 1.54. The van der Waals surface area contributed by atoms with E-state index in [1.165, 1.54) is 6.92 Å². The van der Waals surface area contributed by atoms with Gasteiger partial charge in [-0.3, -0.25) is 4.79 Å². The lowest BCUT2D eigenvalue weighted by Crippen LogP contribution is -2.32. The lowest BCUT2D eigenvalue weighted by Gasteiger charge is -2.15. The van der Waals surface area contributed by atoms with Gasteiger partial charge in [0.25, 0.3) is 5.91 Å². The molecule has 156 valence electrons. The maximum atomic E-state index is 12.3. The largest absolute Gasteiger partial charge is 0.482 e. The van der Waals surface area contributed by atoms with Crippen molar-refractivity contribution in [3.8, 4) is 11.8 Å². The summed E-state index contributed by atoms with van der Waals surface area (Å²) in [7, 11) is 0. The van der Waals surface area contributed by atoms with E-state index < -0.39 is 18.0 Å². The van der Waals surface area contributed by atoms with Gasteiger partial charge in [0.2, 0.25) is 0 Å². The molecule has 0 unspecified atom stereocenters. The van der Waals surface area contributed by atoms with Gasteiger partial charge in [0.05, 0.1) is 11.3 Å². The van der Waals surface area contributed by atoms with Gasteiger partial charge in [-0.1, -0.05) is 60.7 Å². The monoisotopic (exact) mass is 414 g/mol.